The third kappa shape index (κ3) is 2.06. The molecule has 2 N–H and O–H groups in total. The summed E-state index contributed by atoms with van der Waals surface area (Å²) in [4.78, 5) is 14.7. The Morgan fingerprint density at radius 2 is 2.16 bits per heavy atom. The molecule has 0 saturated heterocycles. The Balaban J connectivity index is 2.18. The van der Waals surface area contributed by atoms with Gasteiger partial charge in [-0.25, -0.2) is 0 Å². The molecule has 5 heteroatoms. The molecule has 2 heterocycles. The van der Waals surface area contributed by atoms with Crippen LogP contribution in [0.3, 0.4) is 0 Å². The molecule has 0 saturated carbocycles. The van der Waals surface area contributed by atoms with Gasteiger partial charge in [0.1, 0.15) is 5.69 Å². The zero-order valence-corrected chi connectivity index (χ0v) is 10.3. The lowest BCUT2D eigenvalue weighted by molar-refractivity contribution is -0.105. The second-order valence-electron chi connectivity index (χ2n) is 4.28. The van der Waals surface area contributed by atoms with Crippen LogP contribution in [0.5, 0.6) is 0 Å². The normalized spacial score (nSPS) is 10.6. The average Bonchev–Trinajstić information content (AvgIpc) is 2.82. The Morgan fingerprint density at radius 3 is 2.95 bits per heavy atom. The van der Waals surface area contributed by atoms with E-state index in [0.29, 0.717) is 6.41 Å². The summed E-state index contributed by atoms with van der Waals surface area (Å²) < 4.78 is 0. The molecule has 0 atom stereocenters. The average molecular weight is 252 g/mol. The number of aryl methyl sites for hydroxylation is 1. The summed E-state index contributed by atoms with van der Waals surface area (Å²) in [5, 5.41) is 10.9. The van der Waals surface area contributed by atoms with Crippen molar-refractivity contribution in [3.8, 4) is 11.3 Å². The van der Waals surface area contributed by atoms with Crippen molar-refractivity contribution < 1.29 is 4.79 Å². The number of hydrogen-bond donors (Lipinski definition) is 2. The van der Waals surface area contributed by atoms with Gasteiger partial charge in [-0.2, -0.15) is 5.10 Å². The van der Waals surface area contributed by atoms with Gasteiger partial charge in [-0.3, -0.25) is 14.9 Å². The number of aromatic amines is 1. The van der Waals surface area contributed by atoms with Crippen LogP contribution < -0.4 is 5.32 Å². The smallest absolute Gasteiger partial charge is 0.211 e. The van der Waals surface area contributed by atoms with Crippen LogP contribution in [0, 0.1) is 6.92 Å². The molecule has 3 aromatic rings. The predicted octanol–water partition coefficient (Wildman–Crippen LogP) is 2.50. The molecule has 0 spiro atoms. The standard InChI is InChI=1S/C14H12N4O/c1-9-6-10(4-5-15-9)14-12-7-11(16-8-19)2-3-13(12)17-18-14/h2-8H,1H3,(H,16,19)(H,17,18). The van der Waals surface area contributed by atoms with Crippen LogP contribution in [0.4, 0.5) is 5.69 Å². The summed E-state index contributed by atoms with van der Waals surface area (Å²) in [5.74, 6) is 0. The molecule has 1 aromatic carbocycles. The third-order valence-corrected chi connectivity index (χ3v) is 2.96. The van der Waals surface area contributed by atoms with Crippen molar-refractivity contribution in [3.05, 3.63) is 42.2 Å². The molecule has 3 rings (SSSR count). The number of pyridine rings is 1. The van der Waals surface area contributed by atoms with Crippen molar-refractivity contribution in [1.29, 1.82) is 0 Å². The zero-order chi connectivity index (χ0) is 13.2. The molecule has 0 radical (unpaired) electrons. The lowest BCUT2D eigenvalue weighted by Crippen LogP contribution is -1.92. The first-order chi connectivity index (χ1) is 9.28. The van der Waals surface area contributed by atoms with Crippen molar-refractivity contribution in [2.75, 3.05) is 5.32 Å². The molecule has 2 aromatic heterocycles. The van der Waals surface area contributed by atoms with E-state index < -0.39 is 0 Å². The SMILES string of the molecule is Cc1cc(-c2n[nH]c3ccc(NC=O)cc23)ccn1. The fraction of sp³-hybridized carbons (Fsp3) is 0.0714. The summed E-state index contributed by atoms with van der Waals surface area (Å²) in [6, 6.07) is 9.53. The van der Waals surface area contributed by atoms with Crippen LogP contribution in [0.15, 0.2) is 36.5 Å². The Bertz CT molecular complexity index is 748. The second-order valence-corrected chi connectivity index (χ2v) is 4.28. The molecule has 0 aliphatic rings. The molecular weight excluding hydrogens is 240 g/mol. The van der Waals surface area contributed by atoms with E-state index >= 15 is 0 Å². The summed E-state index contributed by atoms with van der Waals surface area (Å²) in [6.45, 7) is 1.94. The van der Waals surface area contributed by atoms with Crippen LogP contribution >= 0.6 is 0 Å². The minimum absolute atomic E-state index is 0.664. The van der Waals surface area contributed by atoms with E-state index in [0.717, 1.165) is 33.5 Å². The van der Waals surface area contributed by atoms with Gasteiger partial charge < -0.3 is 5.32 Å². The van der Waals surface area contributed by atoms with Gasteiger partial charge in [-0.05, 0) is 37.3 Å². The molecule has 1 amide bonds. The molecule has 0 bridgehead atoms. The van der Waals surface area contributed by atoms with Crippen LogP contribution in [-0.4, -0.2) is 21.6 Å². The number of amides is 1. The predicted molar refractivity (Wildman–Crippen MR) is 73.7 cm³/mol. The minimum atomic E-state index is 0.664. The van der Waals surface area contributed by atoms with E-state index in [2.05, 4.69) is 20.5 Å². The Hall–Kier alpha value is -2.69. The molecule has 5 nitrogen and oxygen atoms in total. The molecule has 0 unspecified atom stereocenters. The first-order valence-electron chi connectivity index (χ1n) is 5.89. The molecule has 19 heavy (non-hydrogen) atoms. The maximum absolute atomic E-state index is 10.5. The highest BCUT2D eigenvalue weighted by Gasteiger charge is 2.09. The number of nitrogens with zero attached hydrogens (tertiary/aromatic N) is 2. The lowest BCUT2D eigenvalue weighted by atomic mass is 10.1. The van der Waals surface area contributed by atoms with Crippen molar-refractivity contribution >= 4 is 23.0 Å². The van der Waals surface area contributed by atoms with Gasteiger partial charge in [0.25, 0.3) is 0 Å². The van der Waals surface area contributed by atoms with Crippen LogP contribution in [-0.2, 0) is 4.79 Å². The van der Waals surface area contributed by atoms with Crippen molar-refractivity contribution in [2.24, 2.45) is 0 Å². The van der Waals surface area contributed by atoms with Crippen LogP contribution in [0.2, 0.25) is 0 Å². The summed E-state index contributed by atoms with van der Waals surface area (Å²) in [7, 11) is 0. The lowest BCUT2D eigenvalue weighted by Gasteiger charge is -2.01. The second kappa shape index (κ2) is 4.53. The van der Waals surface area contributed by atoms with Crippen LogP contribution in [0.25, 0.3) is 22.2 Å². The van der Waals surface area contributed by atoms with E-state index in [1.54, 1.807) is 6.20 Å². The summed E-state index contributed by atoms with van der Waals surface area (Å²) >= 11 is 0. The maximum Gasteiger partial charge on any atom is 0.211 e. The fourth-order valence-electron chi connectivity index (χ4n) is 2.08. The van der Waals surface area contributed by atoms with Gasteiger partial charge in [-0.15, -0.1) is 0 Å². The minimum Gasteiger partial charge on any atom is -0.329 e. The number of hydrogen-bond acceptors (Lipinski definition) is 3. The number of benzene rings is 1. The zero-order valence-electron chi connectivity index (χ0n) is 10.3. The van der Waals surface area contributed by atoms with Gasteiger partial charge in [0.2, 0.25) is 6.41 Å². The number of fused-ring (bicyclic) bond motifs is 1. The molecule has 0 aliphatic heterocycles. The topological polar surface area (TPSA) is 70.7 Å². The van der Waals surface area contributed by atoms with Crippen molar-refractivity contribution in [3.63, 3.8) is 0 Å². The van der Waals surface area contributed by atoms with E-state index in [9.17, 15) is 4.79 Å². The van der Waals surface area contributed by atoms with E-state index in [1.165, 1.54) is 0 Å². The first kappa shape index (κ1) is 11.4. The molecule has 0 aliphatic carbocycles. The number of carbonyl (C=O) groups excluding carboxylic acids is 1. The quantitative estimate of drug-likeness (QED) is 0.703. The number of aromatic nitrogens is 3. The van der Waals surface area contributed by atoms with Gasteiger partial charge in [0.05, 0.1) is 5.52 Å². The van der Waals surface area contributed by atoms with Gasteiger partial charge in [-0.1, -0.05) is 0 Å². The number of carbonyl (C=O) groups is 1. The Labute approximate surface area is 109 Å². The summed E-state index contributed by atoms with van der Waals surface area (Å²) in [5.41, 5.74) is 4.48. The largest absolute Gasteiger partial charge is 0.329 e. The maximum atomic E-state index is 10.5. The van der Waals surface area contributed by atoms with E-state index in [1.807, 2.05) is 37.3 Å². The van der Waals surface area contributed by atoms with Crippen molar-refractivity contribution in [1.82, 2.24) is 15.2 Å². The summed E-state index contributed by atoms with van der Waals surface area (Å²) in [6.07, 6.45) is 2.43. The van der Waals surface area contributed by atoms with Crippen molar-refractivity contribution in [2.45, 2.75) is 6.92 Å². The van der Waals surface area contributed by atoms with E-state index in [-0.39, 0.29) is 0 Å². The fourth-order valence-corrected chi connectivity index (χ4v) is 2.08. The van der Waals surface area contributed by atoms with Gasteiger partial charge in [0.15, 0.2) is 0 Å². The van der Waals surface area contributed by atoms with E-state index in [4.69, 9.17) is 0 Å². The number of H-pyrrole nitrogens is 1. The monoisotopic (exact) mass is 252 g/mol. The third-order valence-electron chi connectivity index (χ3n) is 2.96. The first-order valence-corrected chi connectivity index (χ1v) is 5.89. The Kier molecular flexibility index (Phi) is 2.72. The van der Waals surface area contributed by atoms with Crippen LogP contribution in [0.1, 0.15) is 5.69 Å². The number of anilines is 1. The molecular formula is C14H12N4O. The Morgan fingerprint density at radius 1 is 1.26 bits per heavy atom. The number of rotatable bonds is 3. The van der Waals surface area contributed by atoms with Gasteiger partial charge in [0, 0.05) is 28.5 Å². The number of nitrogens with one attached hydrogen (secondary N) is 2. The molecule has 94 valence electrons. The van der Waals surface area contributed by atoms with Gasteiger partial charge >= 0.3 is 0 Å². The highest BCUT2D eigenvalue weighted by molar-refractivity contribution is 5.95. The highest BCUT2D eigenvalue weighted by atomic mass is 16.1. The highest BCUT2D eigenvalue weighted by Crippen LogP contribution is 2.28. The molecule has 0 fully saturated rings.